The van der Waals surface area contributed by atoms with Crippen molar-refractivity contribution in [3.05, 3.63) is 59.7 Å². The minimum atomic E-state index is -3.62. The summed E-state index contributed by atoms with van der Waals surface area (Å²) in [5.41, 5.74) is 1.49. The lowest BCUT2D eigenvalue weighted by Crippen LogP contribution is -2.35. The molecule has 0 fully saturated rings. The molecular weight excluding hydrogens is 392 g/mol. The summed E-state index contributed by atoms with van der Waals surface area (Å²) >= 11 is 0. The maximum Gasteiger partial charge on any atom is 0.339 e. The van der Waals surface area contributed by atoms with E-state index in [0.29, 0.717) is 5.69 Å². The molecule has 2 aromatic carbocycles. The summed E-state index contributed by atoms with van der Waals surface area (Å²) < 4.78 is 29.5. The van der Waals surface area contributed by atoms with Crippen molar-refractivity contribution < 1.29 is 22.7 Å². The number of hydrogen-bond acceptors (Lipinski definition) is 6. The lowest BCUT2D eigenvalue weighted by atomic mass is 10.2. The van der Waals surface area contributed by atoms with Crippen molar-refractivity contribution in [3.8, 4) is 6.07 Å². The van der Waals surface area contributed by atoms with E-state index in [1.54, 1.807) is 12.1 Å². The lowest BCUT2D eigenvalue weighted by Gasteiger charge is -2.22. The molecule has 29 heavy (non-hydrogen) atoms. The van der Waals surface area contributed by atoms with Crippen molar-refractivity contribution >= 4 is 27.4 Å². The highest BCUT2D eigenvalue weighted by Crippen LogP contribution is 2.19. The minimum absolute atomic E-state index is 0.110. The van der Waals surface area contributed by atoms with Gasteiger partial charge in [0, 0.05) is 12.2 Å². The van der Waals surface area contributed by atoms with Gasteiger partial charge in [-0.15, -0.1) is 0 Å². The Bertz CT molecular complexity index is 1020. The second-order valence-electron chi connectivity index (χ2n) is 6.26. The van der Waals surface area contributed by atoms with Gasteiger partial charge in [-0.25, -0.2) is 13.2 Å². The van der Waals surface area contributed by atoms with E-state index < -0.39 is 28.3 Å². The smallest absolute Gasteiger partial charge is 0.339 e. The largest absolute Gasteiger partial charge is 0.452 e. The van der Waals surface area contributed by atoms with Crippen LogP contribution in [0.5, 0.6) is 0 Å². The number of anilines is 1. The fraction of sp³-hybridized carbons (Fsp3) is 0.286. The number of rotatable bonds is 8. The number of aryl methyl sites for hydroxylation is 1. The molecule has 0 unspecified atom stereocenters. The van der Waals surface area contributed by atoms with Gasteiger partial charge in [-0.05, 0) is 31.2 Å². The van der Waals surface area contributed by atoms with Gasteiger partial charge in [0.1, 0.15) is 0 Å². The summed E-state index contributed by atoms with van der Waals surface area (Å²) in [5, 5.41) is 8.85. The van der Waals surface area contributed by atoms with Crippen molar-refractivity contribution in [1.82, 2.24) is 0 Å². The van der Waals surface area contributed by atoms with E-state index in [1.165, 1.54) is 36.1 Å². The van der Waals surface area contributed by atoms with Gasteiger partial charge in [0.2, 0.25) is 0 Å². The van der Waals surface area contributed by atoms with Gasteiger partial charge in [-0.2, -0.15) is 5.26 Å². The van der Waals surface area contributed by atoms with Crippen molar-refractivity contribution in [2.24, 2.45) is 0 Å². The molecule has 0 aliphatic carbocycles. The lowest BCUT2D eigenvalue weighted by molar-refractivity contribution is -0.121. The monoisotopic (exact) mass is 414 g/mol. The van der Waals surface area contributed by atoms with Gasteiger partial charge in [0.15, 0.2) is 16.4 Å². The standard InChI is InChI=1S/C21H22N2O5S/c1-3-29(26,27)19-8-5-4-7-18(19)21(25)28-15-20(24)23(14-6-13-22)17-11-9-16(2)10-12-17/h4-5,7-12H,3,6,14-15H2,1-2H3. The Morgan fingerprint density at radius 1 is 1.10 bits per heavy atom. The molecule has 0 saturated carbocycles. The SMILES string of the molecule is CCS(=O)(=O)c1ccccc1C(=O)OCC(=O)N(CCC#N)c1ccc(C)cc1. The van der Waals surface area contributed by atoms with Crippen LogP contribution in [0.25, 0.3) is 0 Å². The average molecular weight is 414 g/mol. The van der Waals surface area contributed by atoms with Gasteiger partial charge in [0.25, 0.3) is 5.91 Å². The first-order chi connectivity index (χ1) is 13.8. The Morgan fingerprint density at radius 2 is 1.76 bits per heavy atom. The molecule has 0 radical (unpaired) electrons. The van der Waals surface area contributed by atoms with Gasteiger partial charge in [0.05, 0.1) is 28.7 Å². The molecule has 8 heteroatoms. The Hall–Kier alpha value is -3.18. The first-order valence-electron chi connectivity index (χ1n) is 9.03. The average Bonchev–Trinajstić information content (AvgIpc) is 2.73. The summed E-state index contributed by atoms with van der Waals surface area (Å²) in [7, 11) is -3.62. The van der Waals surface area contributed by atoms with Crippen molar-refractivity contribution in [2.75, 3.05) is 23.8 Å². The molecule has 152 valence electrons. The Labute approximate surface area is 170 Å². The predicted molar refractivity (Wildman–Crippen MR) is 108 cm³/mol. The molecule has 0 saturated heterocycles. The van der Waals surface area contributed by atoms with Crippen molar-refractivity contribution in [3.63, 3.8) is 0 Å². The molecule has 0 N–H and O–H groups in total. The van der Waals surface area contributed by atoms with Crippen LogP contribution in [0.1, 0.15) is 29.3 Å². The number of nitrogens with zero attached hydrogens (tertiary/aromatic N) is 2. The van der Waals surface area contributed by atoms with E-state index >= 15 is 0 Å². The Kier molecular flexibility index (Phi) is 7.51. The number of benzene rings is 2. The molecule has 7 nitrogen and oxygen atoms in total. The summed E-state index contributed by atoms with van der Waals surface area (Å²) in [5.74, 6) is -1.56. The summed E-state index contributed by atoms with van der Waals surface area (Å²) in [6.45, 7) is 2.97. The molecular formula is C21H22N2O5S. The fourth-order valence-electron chi connectivity index (χ4n) is 2.63. The summed E-state index contributed by atoms with van der Waals surface area (Å²) in [6.07, 6.45) is 0.116. The number of hydrogen-bond donors (Lipinski definition) is 0. The zero-order valence-corrected chi connectivity index (χ0v) is 17.1. The summed E-state index contributed by atoms with van der Waals surface area (Å²) in [4.78, 5) is 26.3. The molecule has 0 aromatic heterocycles. The molecule has 0 bridgehead atoms. The van der Waals surface area contributed by atoms with Crippen LogP contribution < -0.4 is 4.90 Å². The minimum Gasteiger partial charge on any atom is -0.452 e. The third kappa shape index (κ3) is 5.65. The van der Waals surface area contributed by atoms with E-state index in [0.717, 1.165) is 5.56 Å². The van der Waals surface area contributed by atoms with E-state index in [2.05, 4.69) is 0 Å². The molecule has 2 aromatic rings. The fourth-order valence-corrected chi connectivity index (χ4v) is 3.71. The van der Waals surface area contributed by atoms with Crippen LogP contribution in [-0.2, 0) is 19.4 Å². The Balaban J connectivity index is 2.17. The second kappa shape index (κ2) is 9.85. The third-order valence-corrected chi connectivity index (χ3v) is 6.03. The highest BCUT2D eigenvalue weighted by Gasteiger charge is 2.23. The number of nitriles is 1. The first-order valence-corrected chi connectivity index (χ1v) is 10.7. The molecule has 2 rings (SSSR count). The van der Waals surface area contributed by atoms with Crippen LogP contribution in [-0.4, -0.2) is 39.2 Å². The van der Waals surface area contributed by atoms with Gasteiger partial charge >= 0.3 is 5.97 Å². The van der Waals surface area contributed by atoms with E-state index in [-0.39, 0.29) is 29.2 Å². The van der Waals surface area contributed by atoms with E-state index in [4.69, 9.17) is 10.00 Å². The number of carbonyl (C=O) groups excluding carboxylic acids is 2. The number of ether oxygens (including phenoxy) is 1. The quantitative estimate of drug-likeness (QED) is 0.615. The molecule has 0 aliphatic heterocycles. The summed E-state index contributed by atoms with van der Waals surface area (Å²) in [6, 6.07) is 14.9. The highest BCUT2D eigenvalue weighted by molar-refractivity contribution is 7.91. The molecule has 0 spiro atoms. The maximum atomic E-state index is 12.6. The van der Waals surface area contributed by atoms with Crippen molar-refractivity contribution in [2.45, 2.75) is 25.2 Å². The number of carbonyl (C=O) groups is 2. The highest BCUT2D eigenvalue weighted by atomic mass is 32.2. The van der Waals surface area contributed by atoms with Crippen LogP contribution >= 0.6 is 0 Å². The van der Waals surface area contributed by atoms with E-state index in [9.17, 15) is 18.0 Å². The second-order valence-corrected chi connectivity index (χ2v) is 8.51. The number of esters is 1. The van der Waals surface area contributed by atoms with Crippen LogP contribution in [0.15, 0.2) is 53.4 Å². The van der Waals surface area contributed by atoms with Crippen LogP contribution in [0, 0.1) is 18.3 Å². The number of amides is 1. The molecule has 0 atom stereocenters. The van der Waals surface area contributed by atoms with Crippen LogP contribution in [0.4, 0.5) is 5.69 Å². The molecule has 1 amide bonds. The zero-order valence-electron chi connectivity index (χ0n) is 16.3. The topological polar surface area (TPSA) is 105 Å². The van der Waals surface area contributed by atoms with Crippen LogP contribution in [0.3, 0.4) is 0 Å². The van der Waals surface area contributed by atoms with Gasteiger partial charge < -0.3 is 9.64 Å². The van der Waals surface area contributed by atoms with Crippen LogP contribution in [0.2, 0.25) is 0 Å². The maximum absolute atomic E-state index is 12.6. The Morgan fingerprint density at radius 3 is 2.38 bits per heavy atom. The predicted octanol–water partition coefficient (Wildman–Crippen LogP) is 2.89. The molecule has 0 heterocycles. The van der Waals surface area contributed by atoms with Gasteiger partial charge in [-0.3, -0.25) is 4.79 Å². The first kappa shape index (κ1) is 22.1. The zero-order chi connectivity index (χ0) is 21.4. The number of sulfone groups is 1. The van der Waals surface area contributed by atoms with Gasteiger partial charge in [-0.1, -0.05) is 36.8 Å². The normalized spacial score (nSPS) is 10.8. The van der Waals surface area contributed by atoms with E-state index in [1.807, 2.05) is 25.1 Å². The molecule has 0 aliphatic rings. The van der Waals surface area contributed by atoms with Crippen molar-refractivity contribution in [1.29, 1.82) is 5.26 Å². The third-order valence-electron chi connectivity index (χ3n) is 4.24.